The largest absolute Gasteiger partial charge is 0.481 e. The molecule has 0 aliphatic carbocycles. The molecule has 2 N–H and O–H groups in total. The van der Waals surface area contributed by atoms with Gasteiger partial charge in [0.05, 0.1) is 19.3 Å². The molecule has 2 unspecified atom stereocenters. The SMILES string of the molecule is CN(C)CCCNC(=O)N(C)C1COCC1C(=O)O. The molecule has 1 heterocycles. The summed E-state index contributed by atoms with van der Waals surface area (Å²) in [5, 5.41) is 11.8. The lowest BCUT2D eigenvalue weighted by atomic mass is 10.0. The molecular formula is C12H23N3O4. The van der Waals surface area contributed by atoms with E-state index in [0.717, 1.165) is 13.0 Å². The number of aliphatic carboxylic acids is 1. The van der Waals surface area contributed by atoms with Gasteiger partial charge in [-0.1, -0.05) is 0 Å². The van der Waals surface area contributed by atoms with E-state index in [1.165, 1.54) is 4.90 Å². The van der Waals surface area contributed by atoms with Gasteiger partial charge in [0.1, 0.15) is 5.92 Å². The van der Waals surface area contributed by atoms with E-state index in [4.69, 9.17) is 9.84 Å². The summed E-state index contributed by atoms with van der Waals surface area (Å²) >= 11 is 0. The fourth-order valence-corrected chi connectivity index (χ4v) is 2.03. The molecular weight excluding hydrogens is 250 g/mol. The van der Waals surface area contributed by atoms with Crippen LogP contribution in [0.1, 0.15) is 6.42 Å². The van der Waals surface area contributed by atoms with Gasteiger partial charge in [0.15, 0.2) is 0 Å². The standard InChI is InChI=1S/C12H23N3O4/c1-14(2)6-4-5-13-12(18)15(3)10-8-19-7-9(10)11(16)17/h9-10H,4-8H2,1-3H3,(H,13,18)(H,16,17). The third-order valence-corrected chi connectivity index (χ3v) is 3.24. The molecule has 7 heteroatoms. The minimum Gasteiger partial charge on any atom is -0.481 e. The highest BCUT2D eigenvalue weighted by Gasteiger charge is 2.38. The Morgan fingerprint density at radius 3 is 2.58 bits per heavy atom. The van der Waals surface area contributed by atoms with Crippen LogP contribution in [0, 0.1) is 5.92 Å². The number of nitrogens with zero attached hydrogens (tertiary/aromatic N) is 2. The van der Waals surface area contributed by atoms with E-state index in [-0.39, 0.29) is 19.2 Å². The summed E-state index contributed by atoms with van der Waals surface area (Å²) in [4.78, 5) is 26.4. The van der Waals surface area contributed by atoms with Crippen LogP contribution in [0.15, 0.2) is 0 Å². The number of carbonyl (C=O) groups excluding carboxylic acids is 1. The quantitative estimate of drug-likeness (QED) is 0.648. The Kier molecular flexibility index (Phi) is 6.04. The first kappa shape index (κ1) is 15.7. The number of nitrogens with one attached hydrogen (secondary N) is 1. The topological polar surface area (TPSA) is 82.1 Å². The van der Waals surface area contributed by atoms with Gasteiger partial charge in [0.2, 0.25) is 0 Å². The van der Waals surface area contributed by atoms with E-state index in [1.54, 1.807) is 7.05 Å². The second-order valence-electron chi connectivity index (χ2n) is 5.05. The van der Waals surface area contributed by atoms with Crippen LogP contribution in [0.25, 0.3) is 0 Å². The van der Waals surface area contributed by atoms with Crippen molar-refractivity contribution in [2.24, 2.45) is 5.92 Å². The minimum atomic E-state index is -0.922. The molecule has 2 atom stereocenters. The predicted octanol–water partition coefficient (Wildman–Crippen LogP) is -0.321. The number of rotatable bonds is 6. The Morgan fingerprint density at radius 1 is 1.32 bits per heavy atom. The normalized spacial score (nSPS) is 22.5. The zero-order chi connectivity index (χ0) is 14.4. The van der Waals surface area contributed by atoms with Gasteiger partial charge in [0.25, 0.3) is 0 Å². The van der Waals surface area contributed by atoms with Crippen molar-refractivity contribution >= 4 is 12.0 Å². The van der Waals surface area contributed by atoms with Gasteiger partial charge in [-0.3, -0.25) is 4.79 Å². The fourth-order valence-electron chi connectivity index (χ4n) is 2.03. The number of hydrogen-bond acceptors (Lipinski definition) is 4. The van der Waals surface area contributed by atoms with Crippen molar-refractivity contribution in [2.75, 3.05) is 47.4 Å². The van der Waals surface area contributed by atoms with Crippen LogP contribution in [0.2, 0.25) is 0 Å². The number of carbonyl (C=O) groups is 2. The molecule has 0 aromatic rings. The minimum absolute atomic E-state index is 0.165. The molecule has 7 nitrogen and oxygen atoms in total. The van der Waals surface area contributed by atoms with Crippen molar-refractivity contribution in [3.63, 3.8) is 0 Å². The molecule has 1 aliphatic heterocycles. The number of ether oxygens (including phenoxy) is 1. The highest BCUT2D eigenvalue weighted by atomic mass is 16.5. The molecule has 1 rings (SSSR count). The maximum atomic E-state index is 11.9. The molecule has 0 aromatic heterocycles. The third-order valence-electron chi connectivity index (χ3n) is 3.24. The van der Waals surface area contributed by atoms with Gasteiger partial charge in [-0.2, -0.15) is 0 Å². The highest BCUT2D eigenvalue weighted by Crippen LogP contribution is 2.18. The Balaban J connectivity index is 2.37. The summed E-state index contributed by atoms with van der Waals surface area (Å²) in [7, 11) is 5.55. The van der Waals surface area contributed by atoms with Gasteiger partial charge in [-0.15, -0.1) is 0 Å². The molecule has 19 heavy (non-hydrogen) atoms. The van der Waals surface area contributed by atoms with E-state index in [2.05, 4.69) is 5.32 Å². The third kappa shape index (κ3) is 4.68. The number of hydrogen-bond donors (Lipinski definition) is 2. The molecule has 0 saturated carbocycles. The summed E-state index contributed by atoms with van der Waals surface area (Å²) in [5.74, 6) is -1.56. The van der Waals surface area contributed by atoms with E-state index in [1.807, 2.05) is 19.0 Å². The Labute approximate surface area is 113 Å². The lowest BCUT2D eigenvalue weighted by molar-refractivity contribution is -0.142. The summed E-state index contributed by atoms with van der Waals surface area (Å²) in [6, 6.07) is -0.646. The lowest BCUT2D eigenvalue weighted by Gasteiger charge is -2.26. The van der Waals surface area contributed by atoms with Crippen molar-refractivity contribution in [3.05, 3.63) is 0 Å². The molecule has 0 bridgehead atoms. The fraction of sp³-hybridized carbons (Fsp3) is 0.833. The monoisotopic (exact) mass is 273 g/mol. The smallest absolute Gasteiger partial charge is 0.317 e. The Morgan fingerprint density at radius 2 is 2.00 bits per heavy atom. The van der Waals surface area contributed by atoms with Crippen LogP contribution in [0.5, 0.6) is 0 Å². The lowest BCUT2D eigenvalue weighted by Crippen LogP contribution is -2.48. The van der Waals surface area contributed by atoms with Gasteiger partial charge in [0, 0.05) is 13.6 Å². The van der Waals surface area contributed by atoms with E-state index >= 15 is 0 Å². The Hall–Kier alpha value is -1.34. The van der Waals surface area contributed by atoms with E-state index in [9.17, 15) is 9.59 Å². The first-order chi connectivity index (χ1) is 8.93. The summed E-state index contributed by atoms with van der Waals surface area (Å²) in [6.45, 7) is 1.91. The summed E-state index contributed by atoms with van der Waals surface area (Å²) < 4.78 is 5.15. The van der Waals surface area contributed by atoms with Gasteiger partial charge >= 0.3 is 12.0 Å². The van der Waals surface area contributed by atoms with Crippen molar-refractivity contribution in [3.8, 4) is 0 Å². The summed E-state index contributed by atoms with van der Waals surface area (Å²) in [6.07, 6.45) is 0.857. The van der Waals surface area contributed by atoms with Gasteiger partial charge in [-0.05, 0) is 27.1 Å². The van der Waals surface area contributed by atoms with Crippen molar-refractivity contribution in [2.45, 2.75) is 12.5 Å². The van der Waals surface area contributed by atoms with E-state index < -0.39 is 17.9 Å². The molecule has 1 aliphatic rings. The maximum absolute atomic E-state index is 11.9. The number of urea groups is 1. The molecule has 0 radical (unpaired) electrons. The number of likely N-dealkylation sites (N-methyl/N-ethyl adjacent to an activating group) is 1. The van der Waals surface area contributed by atoms with Crippen LogP contribution in [-0.4, -0.2) is 80.4 Å². The van der Waals surface area contributed by atoms with Crippen LogP contribution in [0.4, 0.5) is 4.79 Å². The second kappa shape index (κ2) is 7.30. The number of amides is 2. The highest BCUT2D eigenvalue weighted by molar-refractivity contribution is 5.77. The van der Waals surface area contributed by atoms with Crippen LogP contribution in [0.3, 0.4) is 0 Å². The Bertz CT molecular complexity index is 322. The molecule has 0 spiro atoms. The average Bonchev–Trinajstić information content (AvgIpc) is 2.82. The molecule has 0 aromatic carbocycles. The maximum Gasteiger partial charge on any atom is 0.317 e. The first-order valence-corrected chi connectivity index (χ1v) is 6.39. The van der Waals surface area contributed by atoms with Crippen LogP contribution in [-0.2, 0) is 9.53 Å². The second-order valence-corrected chi connectivity index (χ2v) is 5.05. The molecule has 1 saturated heterocycles. The van der Waals surface area contributed by atoms with Crippen molar-refractivity contribution < 1.29 is 19.4 Å². The zero-order valence-corrected chi connectivity index (χ0v) is 11.8. The molecule has 2 amide bonds. The first-order valence-electron chi connectivity index (χ1n) is 6.39. The van der Waals surface area contributed by atoms with Crippen LogP contribution < -0.4 is 5.32 Å². The number of carboxylic acid groups (broad SMARTS) is 1. The average molecular weight is 273 g/mol. The molecule has 110 valence electrons. The predicted molar refractivity (Wildman–Crippen MR) is 70.1 cm³/mol. The van der Waals surface area contributed by atoms with E-state index in [0.29, 0.717) is 6.54 Å². The van der Waals surface area contributed by atoms with Crippen LogP contribution >= 0.6 is 0 Å². The number of carboxylic acids is 1. The molecule has 1 fully saturated rings. The van der Waals surface area contributed by atoms with Gasteiger partial charge < -0.3 is 25.0 Å². The zero-order valence-electron chi connectivity index (χ0n) is 11.8. The van der Waals surface area contributed by atoms with Crippen molar-refractivity contribution in [1.29, 1.82) is 0 Å². The van der Waals surface area contributed by atoms with Gasteiger partial charge in [-0.25, -0.2) is 4.79 Å². The summed E-state index contributed by atoms with van der Waals surface area (Å²) in [5.41, 5.74) is 0. The van der Waals surface area contributed by atoms with Crippen molar-refractivity contribution in [1.82, 2.24) is 15.1 Å².